The van der Waals surface area contributed by atoms with E-state index in [0.717, 1.165) is 0 Å². The van der Waals surface area contributed by atoms with E-state index in [-0.39, 0.29) is 6.42 Å². The Kier molecular flexibility index (Phi) is 8.55. The lowest BCUT2D eigenvalue weighted by Gasteiger charge is -2.46. The van der Waals surface area contributed by atoms with Gasteiger partial charge in [-0.25, -0.2) is 0 Å². The van der Waals surface area contributed by atoms with Crippen LogP contribution in [-0.4, -0.2) is 159 Å². The Hall–Kier alpha value is -0.640. The monoisotopic (exact) mass is 527 g/mol. The minimum atomic E-state index is -2.48. The molecule has 3 saturated heterocycles. The topological polar surface area (TPSA) is 272 Å². The molecule has 0 aromatic carbocycles. The summed E-state index contributed by atoms with van der Waals surface area (Å²) in [4.78, 5) is 0. The fourth-order valence-corrected chi connectivity index (χ4v) is 5.23. The Bertz CT molecular complexity index is 756. The molecule has 16 nitrogen and oxygen atoms in total. The van der Waals surface area contributed by atoms with Gasteiger partial charge < -0.3 is 81.3 Å². The maximum atomic E-state index is 10.7. The first-order chi connectivity index (χ1) is 17.0. The van der Waals surface area contributed by atoms with Gasteiger partial charge in [0.15, 0.2) is 12.4 Å². The van der Waals surface area contributed by atoms with E-state index < -0.39 is 111 Å². The van der Waals surface area contributed by atoms with Crippen LogP contribution in [0.15, 0.2) is 0 Å². The number of nitrogens with two attached hydrogens (primary N) is 2. The highest BCUT2D eigenvalue weighted by molar-refractivity contribution is 5.05. The number of likely N-dealkylation sites (N-methyl/N-ethyl adjacent to an activating group) is 1. The van der Waals surface area contributed by atoms with Crippen molar-refractivity contribution in [3.8, 4) is 0 Å². The van der Waals surface area contributed by atoms with E-state index >= 15 is 0 Å². The van der Waals surface area contributed by atoms with E-state index in [1.165, 1.54) is 0 Å². The van der Waals surface area contributed by atoms with Gasteiger partial charge in [-0.3, -0.25) is 0 Å². The fourth-order valence-electron chi connectivity index (χ4n) is 5.23. The Morgan fingerprint density at radius 2 is 1.61 bits per heavy atom. The minimum Gasteiger partial charge on any atom is -0.395 e. The molecule has 0 amide bonds. The smallest absolute Gasteiger partial charge is 0.314 e. The molecule has 4 rings (SSSR count). The van der Waals surface area contributed by atoms with Crippen molar-refractivity contribution in [1.29, 1.82) is 0 Å². The number of hydrogen-bond donors (Lipinski definition) is 11. The maximum absolute atomic E-state index is 10.7. The zero-order valence-electron chi connectivity index (χ0n) is 19.6. The summed E-state index contributed by atoms with van der Waals surface area (Å²) in [6.07, 6.45) is -17.7. The van der Waals surface area contributed by atoms with Crippen molar-refractivity contribution in [2.45, 2.75) is 104 Å². The number of aliphatic hydroxyl groups excluding tert-OH is 8. The van der Waals surface area contributed by atoms with Crippen LogP contribution < -0.4 is 16.8 Å². The summed E-state index contributed by atoms with van der Waals surface area (Å²) in [6.45, 7) is -1.33. The maximum Gasteiger partial charge on any atom is 0.314 e. The molecule has 3 aliphatic heterocycles. The van der Waals surface area contributed by atoms with Gasteiger partial charge in [0.05, 0.1) is 31.5 Å². The van der Waals surface area contributed by atoms with Crippen molar-refractivity contribution in [3.05, 3.63) is 0 Å². The zero-order chi connectivity index (χ0) is 26.5. The predicted octanol–water partition coefficient (Wildman–Crippen LogP) is -7.27. The number of fused-ring (bicyclic) bond motifs is 1. The molecule has 1 aliphatic carbocycles. The van der Waals surface area contributed by atoms with Crippen molar-refractivity contribution < 1.29 is 64.5 Å². The normalized spacial score (nSPS) is 54.4. The van der Waals surface area contributed by atoms with Gasteiger partial charge >= 0.3 is 5.97 Å². The Balaban J connectivity index is 1.62. The second-order valence-corrected chi connectivity index (χ2v) is 9.72. The van der Waals surface area contributed by atoms with E-state index in [4.69, 9.17) is 35.2 Å². The van der Waals surface area contributed by atoms with E-state index in [2.05, 4.69) is 5.32 Å². The van der Waals surface area contributed by atoms with Crippen LogP contribution in [0.25, 0.3) is 0 Å². The van der Waals surface area contributed by atoms with Crippen LogP contribution in [0.5, 0.6) is 0 Å². The molecule has 13 N–H and O–H groups in total. The van der Waals surface area contributed by atoms with Crippen molar-refractivity contribution in [2.24, 2.45) is 11.5 Å². The summed E-state index contributed by atoms with van der Waals surface area (Å²) < 4.78 is 28.7. The molecule has 16 atom stereocenters. The molecule has 0 aromatic rings. The molecule has 16 heteroatoms. The van der Waals surface area contributed by atoms with Crippen LogP contribution in [-0.2, 0) is 23.7 Å². The lowest BCUT2D eigenvalue weighted by Crippen LogP contribution is -2.69. The van der Waals surface area contributed by atoms with Crippen LogP contribution in [0, 0.1) is 0 Å². The van der Waals surface area contributed by atoms with Crippen LogP contribution in [0.1, 0.15) is 6.42 Å². The first-order valence-corrected chi connectivity index (χ1v) is 11.8. The molecule has 0 bridgehead atoms. The summed E-state index contributed by atoms with van der Waals surface area (Å²) in [5.41, 5.74) is 11.8. The molecule has 4 unspecified atom stereocenters. The SMILES string of the molecule is CN[C@@H]1C[C@H](N)[C@@H](O)[C@H](OC2O[C@H](CO)[C@H](O)[C@@H]3OC4(O[C@H](C(N)CO)[C@H](O)[C@H](O)C4O)O[C@@H]23)[C@H]1O. The van der Waals surface area contributed by atoms with Crippen molar-refractivity contribution >= 4 is 0 Å². The molecule has 4 fully saturated rings. The average Bonchev–Trinajstić information content (AvgIpc) is 3.27. The lowest BCUT2D eigenvalue weighted by molar-refractivity contribution is -0.439. The summed E-state index contributed by atoms with van der Waals surface area (Å²) >= 11 is 0. The van der Waals surface area contributed by atoms with Gasteiger partial charge in [0, 0.05) is 12.1 Å². The molecule has 0 radical (unpaired) electrons. The average molecular weight is 528 g/mol. The van der Waals surface area contributed by atoms with Crippen molar-refractivity contribution in [3.63, 3.8) is 0 Å². The third-order valence-corrected chi connectivity index (χ3v) is 7.42. The summed E-state index contributed by atoms with van der Waals surface area (Å²) in [5, 5.41) is 85.6. The molecule has 4 aliphatic rings. The number of rotatable bonds is 6. The van der Waals surface area contributed by atoms with Gasteiger partial charge in [0.25, 0.3) is 0 Å². The standard InChI is InChI=1S/C20H37N3O13/c1-23-7-2-5(21)9(26)15(10(7)27)33-19-17-16(11(28)8(4-25)32-19)35-20(36-17)18(31)13(30)12(29)14(34-20)6(22)3-24/h5-19,23-31H,2-4,21-22H2,1H3/t5-,6?,7+,8+,9+,10-,11-,12+,13-,14+,15-,16-,17+,18?,19?,20?/m0/s1. The number of hydrogen-bond acceptors (Lipinski definition) is 16. The number of nitrogens with one attached hydrogen (secondary N) is 1. The van der Waals surface area contributed by atoms with E-state index in [0.29, 0.717) is 0 Å². The number of ether oxygens (including phenoxy) is 5. The molecular weight excluding hydrogens is 490 g/mol. The molecule has 3 heterocycles. The van der Waals surface area contributed by atoms with Gasteiger partial charge in [-0.05, 0) is 13.5 Å². The van der Waals surface area contributed by atoms with E-state index in [1.807, 2.05) is 0 Å². The first kappa shape index (κ1) is 28.4. The second-order valence-electron chi connectivity index (χ2n) is 9.72. The van der Waals surface area contributed by atoms with Crippen molar-refractivity contribution in [2.75, 3.05) is 20.3 Å². The van der Waals surface area contributed by atoms with Crippen LogP contribution in [0.3, 0.4) is 0 Å². The predicted molar refractivity (Wildman–Crippen MR) is 115 cm³/mol. The third kappa shape index (κ3) is 4.68. The Morgan fingerprint density at radius 3 is 2.22 bits per heavy atom. The third-order valence-electron chi connectivity index (χ3n) is 7.42. The van der Waals surface area contributed by atoms with Crippen LogP contribution >= 0.6 is 0 Å². The largest absolute Gasteiger partial charge is 0.395 e. The van der Waals surface area contributed by atoms with Crippen LogP contribution in [0.4, 0.5) is 0 Å². The van der Waals surface area contributed by atoms with Gasteiger partial charge in [-0.15, -0.1) is 0 Å². The van der Waals surface area contributed by atoms with Gasteiger partial charge in [-0.2, -0.15) is 0 Å². The van der Waals surface area contributed by atoms with E-state index in [1.54, 1.807) is 7.05 Å². The molecule has 1 saturated carbocycles. The Morgan fingerprint density at radius 1 is 0.944 bits per heavy atom. The van der Waals surface area contributed by atoms with E-state index in [9.17, 15) is 40.9 Å². The summed E-state index contributed by atoms with van der Waals surface area (Å²) in [5.74, 6) is -2.48. The number of aliphatic hydroxyl groups is 8. The molecule has 36 heavy (non-hydrogen) atoms. The van der Waals surface area contributed by atoms with Gasteiger partial charge in [0.1, 0.15) is 48.8 Å². The highest BCUT2D eigenvalue weighted by atomic mass is 16.9. The van der Waals surface area contributed by atoms with Crippen molar-refractivity contribution in [1.82, 2.24) is 5.32 Å². The highest BCUT2D eigenvalue weighted by Gasteiger charge is 2.67. The first-order valence-electron chi connectivity index (χ1n) is 11.8. The van der Waals surface area contributed by atoms with Gasteiger partial charge in [-0.1, -0.05) is 0 Å². The fraction of sp³-hybridized carbons (Fsp3) is 1.00. The Labute approximate surface area is 206 Å². The molecule has 210 valence electrons. The summed E-state index contributed by atoms with van der Waals surface area (Å²) in [7, 11) is 1.60. The lowest BCUT2D eigenvalue weighted by atomic mass is 9.84. The van der Waals surface area contributed by atoms with Crippen LogP contribution in [0.2, 0.25) is 0 Å². The molecular formula is C20H37N3O13. The quantitative estimate of drug-likeness (QED) is 0.153. The molecule has 0 aromatic heterocycles. The highest BCUT2D eigenvalue weighted by Crippen LogP contribution is 2.45. The second kappa shape index (κ2) is 10.9. The molecule has 1 spiro atoms. The summed E-state index contributed by atoms with van der Waals surface area (Å²) in [6, 6.07) is -2.50. The van der Waals surface area contributed by atoms with Gasteiger partial charge in [0.2, 0.25) is 0 Å². The minimum absolute atomic E-state index is 0.254. The zero-order valence-corrected chi connectivity index (χ0v) is 19.6.